The van der Waals surface area contributed by atoms with Crippen molar-refractivity contribution in [3.05, 3.63) is 65.0 Å². The molecule has 0 aliphatic heterocycles. The Bertz CT molecular complexity index is 572. The van der Waals surface area contributed by atoms with Crippen molar-refractivity contribution >= 4 is 0 Å². The summed E-state index contributed by atoms with van der Waals surface area (Å²) in [6.07, 6.45) is 0. The van der Waals surface area contributed by atoms with E-state index in [4.69, 9.17) is 16.2 Å². The Labute approximate surface area is 112 Å². The fraction of sp³-hybridized carbons (Fsp3) is 0.200. The zero-order chi connectivity index (χ0) is 13.8. The molecule has 100 valence electrons. The van der Waals surface area contributed by atoms with E-state index in [0.717, 1.165) is 11.1 Å². The minimum absolute atomic E-state index is 0.318. The van der Waals surface area contributed by atoms with Gasteiger partial charge in [0.1, 0.15) is 11.6 Å². The van der Waals surface area contributed by atoms with Crippen LogP contribution in [-0.2, 0) is 6.54 Å². The highest BCUT2D eigenvalue weighted by Crippen LogP contribution is 2.30. The highest BCUT2D eigenvalue weighted by Gasteiger charge is 2.17. The maximum atomic E-state index is 13.4. The molecule has 0 spiro atoms. The van der Waals surface area contributed by atoms with Gasteiger partial charge in [-0.05, 0) is 29.3 Å². The Morgan fingerprint density at radius 2 is 1.89 bits per heavy atom. The lowest BCUT2D eigenvalue weighted by atomic mass is 9.94. The van der Waals surface area contributed by atoms with E-state index in [1.54, 1.807) is 13.2 Å². The van der Waals surface area contributed by atoms with Crippen LogP contribution in [0, 0.1) is 5.82 Å². The van der Waals surface area contributed by atoms with E-state index >= 15 is 0 Å². The molecule has 0 heterocycles. The summed E-state index contributed by atoms with van der Waals surface area (Å²) in [5, 5.41) is 0. The quantitative estimate of drug-likeness (QED) is 0.887. The molecule has 0 bridgehead atoms. The molecular formula is C15H17FN2O. The Morgan fingerprint density at radius 3 is 2.58 bits per heavy atom. The lowest BCUT2D eigenvalue weighted by molar-refractivity contribution is 0.407. The van der Waals surface area contributed by atoms with Crippen LogP contribution in [0.15, 0.2) is 42.5 Å². The highest BCUT2D eigenvalue weighted by atomic mass is 19.1. The standard InChI is InChI=1S/C15H17FN2O/c1-19-14-5-3-2-4-12(14)15(18)13-8-11(16)7-6-10(13)9-17/h2-8,15H,9,17-18H2,1H3. The number of halogens is 1. The average Bonchev–Trinajstić information content (AvgIpc) is 2.46. The summed E-state index contributed by atoms with van der Waals surface area (Å²) in [5.74, 6) is 0.361. The number of methoxy groups -OCH3 is 1. The molecule has 2 rings (SSSR count). The zero-order valence-corrected chi connectivity index (χ0v) is 10.8. The van der Waals surface area contributed by atoms with E-state index in [2.05, 4.69) is 0 Å². The maximum Gasteiger partial charge on any atom is 0.123 e. The lowest BCUT2D eigenvalue weighted by Gasteiger charge is -2.18. The first kappa shape index (κ1) is 13.5. The molecule has 0 fully saturated rings. The van der Waals surface area contributed by atoms with Gasteiger partial charge in [-0.3, -0.25) is 0 Å². The molecule has 0 radical (unpaired) electrons. The van der Waals surface area contributed by atoms with Gasteiger partial charge in [-0.25, -0.2) is 4.39 Å². The summed E-state index contributed by atoms with van der Waals surface area (Å²) in [7, 11) is 1.58. The summed E-state index contributed by atoms with van der Waals surface area (Å²) >= 11 is 0. The number of ether oxygens (including phenoxy) is 1. The number of hydrogen-bond donors (Lipinski definition) is 2. The van der Waals surface area contributed by atoms with Crippen LogP contribution in [0.3, 0.4) is 0 Å². The molecule has 0 saturated carbocycles. The van der Waals surface area contributed by atoms with Gasteiger partial charge in [0.15, 0.2) is 0 Å². The third-order valence-corrected chi connectivity index (χ3v) is 3.14. The normalized spacial score (nSPS) is 12.2. The van der Waals surface area contributed by atoms with Crippen LogP contribution >= 0.6 is 0 Å². The molecule has 4 N–H and O–H groups in total. The molecule has 4 heteroatoms. The van der Waals surface area contributed by atoms with E-state index in [-0.39, 0.29) is 5.82 Å². The average molecular weight is 260 g/mol. The van der Waals surface area contributed by atoms with E-state index in [1.807, 2.05) is 24.3 Å². The van der Waals surface area contributed by atoms with Crippen molar-refractivity contribution in [2.24, 2.45) is 11.5 Å². The molecule has 0 aromatic heterocycles. The molecular weight excluding hydrogens is 243 g/mol. The predicted molar refractivity (Wildman–Crippen MR) is 73.3 cm³/mol. The maximum absolute atomic E-state index is 13.4. The zero-order valence-electron chi connectivity index (χ0n) is 10.8. The molecule has 0 amide bonds. The van der Waals surface area contributed by atoms with Crippen LogP contribution in [0.25, 0.3) is 0 Å². The van der Waals surface area contributed by atoms with Gasteiger partial charge >= 0.3 is 0 Å². The minimum atomic E-state index is -0.467. The summed E-state index contributed by atoms with van der Waals surface area (Å²) < 4.78 is 18.7. The Balaban J connectivity index is 2.49. The van der Waals surface area contributed by atoms with Crippen molar-refractivity contribution < 1.29 is 9.13 Å². The number of hydrogen-bond acceptors (Lipinski definition) is 3. The molecule has 0 aliphatic rings. The molecule has 19 heavy (non-hydrogen) atoms. The van der Waals surface area contributed by atoms with E-state index in [9.17, 15) is 4.39 Å². The van der Waals surface area contributed by atoms with Crippen LogP contribution in [0.1, 0.15) is 22.7 Å². The Kier molecular flexibility index (Phi) is 4.14. The fourth-order valence-corrected chi connectivity index (χ4v) is 2.13. The highest BCUT2D eigenvalue weighted by molar-refractivity contribution is 5.43. The third kappa shape index (κ3) is 2.75. The predicted octanol–water partition coefficient (Wildman–Crippen LogP) is 2.34. The van der Waals surface area contributed by atoms with Crippen molar-refractivity contribution in [1.82, 2.24) is 0 Å². The van der Waals surface area contributed by atoms with E-state index in [0.29, 0.717) is 17.9 Å². The number of rotatable bonds is 4. The van der Waals surface area contributed by atoms with Crippen molar-refractivity contribution in [1.29, 1.82) is 0 Å². The van der Waals surface area contributed by atoms with Crippen LogP contribution < -0.4 is 16.2 Å². The molecule has 0 saturated heterocycles. The molecule has 2 aromatic rings. The van der Waals surface area contributed by atoms with Gasteiger partial charge in [0.05, 0.1) is 13.2 Å². The van der Waals surface area contributed by atoms with Crippen LogP contribution in [0.4, 0.5) is 4.39 Å². The second-order valence-corrected chi connectivity index (χ2v) is 4.27. The molecule has 3 nitrogen and oxygen atoms in total. The van der Waals surface area contributed by atoms with Gasteiger partial charge in [0, 0.05) is 12.1 Å². The number of nitrogens with two attached hydrogens (primary N) is 2. The van der Waals surface area contributed by atoms with Gasteiger partial charge in [0.2, 0.25) is 0 Å². The fourth-order valence-electron chi connectivity index (χ4n) is 2.13. The topological polar surface area (TPSA) is 61.3 Å². The van der Waals surface area contributed by atoms with Crippen molar-refractivity contribution in [3.63, 3.8) is 0 Å². The van der Waals surface area contributed by atoms with Crippen LogP contribution in [0.2, 0.25) is 0 Å². The SMILES string of the molecule is COc1ccccc1C(N)c1cc(F)ccc1CN. The molecule has 1 unspecified atom stereocenters. The second kappa shape index (κ2) is 5.82. The van der Waals surface area contributed by atoms with E-state index < -0.39 is 6.04 Å². The molecule has 2 aromatic carbocycles. The van der Waals surface area contributed by atoms with Gasteiger partial charge in [-0.2, -0.15) is 0 Å². The first-order valence-corrected chi connectivity index (χ1v) is 6.04. The first-order valence-electron chi connectivity index (χ1n) is 6.04. The van der Waals surface area contributed by atoms with Crippen LogP contribution in [-0.4, -0.2) is 7.11 Å². The van der Waals surface area contributed by atoms with Gasteiger partial charge in [0.25, 0.3) is 0 Å². The third-order valence-electron chi connectivity index (χ3n) is 3.14. The van der Waals surface area contributed by atoms with Crippen molar-refractivity contribution in [2.45, 2.75) is 12.6 Å². The Hall–Kier alpha value is -1.91. The minimum Gasteiger partial charge on any atom is -0.496 e. The van der Waals surface area contributed by atoms with Gasteiger partial charge < -0.3 is 16.2 Å². The number of benzene rings is 2. The second-order valence-electron chi connectivity index (χ2n) is 4.27. The molecule has 0 aliphatic carbocycles. The smallest absolute Gasteiger partial charge is 0.123 e. The van der Waals surface area contributed by atoms with Crippen molar-refractivity contribution in [3.8, 4) is 5.75 Å². The lowest BCUT2D eigenvalue weighted by Crippen LogP contribution is -2.16. The first-order chi connectivity index (χ1) is 9.17. The Morgan fingerprint density at radius 1 is 1.16 bits per heavy atom. The largest absolute Gasteiger partial charge is 0.496 e. The monoisotopic (exact) mass is 260 g/mol. The van der Waals surface area contributed by atoms with Gasteiger partial charge in [-0.1, -0.05) is 24.3 Å². The summed E-state index contributed by atoms with van der Waals surface area (Å²) in [5.41, 5.74) is 14.2. The van der Waals surface area contributed by atoms with Crippen molar-refractivity contribution in [2.75, 3.05) is 7.11 Å². The van der Waals surface area contributed by atoms with Gasteiger partial charge in [-0.15, -0.1) is 0 Å². The summed E-state index contributed by atoms with van der Waals surface area (Å²) in [6, 6.07) is 11.5. The molecule has 1 atom stereocenters. The summed E-state index contributed by atoms with van der Waals surface area (Å²) in [4.78, 5) is 0. The van der Waals surface area contributed by atoms with E-state index in [1.165, 1.54) is 12.1 Å². The summed E-state index contributed by atoms with van der Waals surface area (Å²) in [6.45, 7) is 0.318. The van der Waals surface area contributed by atoms with Crippen LogP contribution in [0.5, 0.6) is 5.75 Å². The number of para-hydroxylation sites is 1.